The molecule has 164 valence electrons. The highest BCUT2D eigenvalue weighted by atomic mass is 32.2. The molecule has 9 heteroatoms. The van der Waals surface area contributed by atoms with Gasteiger partial charge in [-0.05, 0) is 12.1 Å². The first kappa shape index (κ1) is 20.8. The number of hydrogen-bond donors (Lipinski definition) is 0. The second-order valence-electron chi connectivity index (χ2n) is 7.87. The van der Waals surface area contributed by atoms with E-state index < -0.39 is 0 Å². The minimum absolute atomic E-state index is 0.0313. The molecule has 32 heavy (non-hydrogen) atoms. The number of thioether (sulfide) groups is 1. The molecular formula is C23H24N6O2S. The van der Waals surface area contributed by atoms with Gasteiger partial charge in [0.1, 0.15) is 12.1 Å². The van der Waals surface area contributed by atoms with Crippen LogP contribution in [-0.2, 0) is 11.2 Å². The van der Waals surface area contributed by atoms with Gasteiger partial charge in [-0.3, -0.25) is 4.79 Å². The Morgan fingerprint density at radius 3 is 2.66 bits per heavy atom. The first-order valence-electron chi connectivity index (χ1n) is 10.6. The summed E-state index contributed by atoms with van der Waals surface area (Å²) in [6, 6.07) is 9.40. The molecule has 1 amide bonds. The molecule has 0 spiro atoms. The van der Waals surface area contributed by atoms with Crippen LogP contribution in [0.4, 0.5) is 5.82 Å². The van der Waals surface area contributed by atoms with Crippen molar-refractivity contribution < 1.29 is 9.53 Å². The van der Waals surface area contributed by atoms with Crippen molar-refractivity contribution in [1.29, 1.82) is 0 Å². The summed E-state index contributed by atoms with van der Waals surface area (Å²) in [5, 5.41) is 0.221. The highest BCUT2D eigenvalue weighted by Crippen LogP contribution is 2.43. The lowest BCUT2D eigenvalue weighted by Gasteiger charge is -2.29. The summed E-state index contributed by atoms with van der Waals surface area (Å²) in [5.41, 5.74) is 2.53. The van der Waals surface area contributed by atoms with E-state index in [0.29, 0.717) is 31.1 Å². The largest absolute Gasteiger partial charge is 0.378 e. The Morgan fingerprint density at radius 1 is 1.16 bits per heavy atom. The van der Waals surface area contributed by atoms with E-state index in [4.69, 9.17) is 14.7 Å². The molecule has 1 saturated heterocycles. The van der Waals surface area contributed by atoms with Crippen LogP contribution in [0.3, 0.4) is 0 Å². The van der Waals surface area contributed by atoms with Gasteiger partial charge in [0, 0.05) is 56.3 Å². The van der Waals surface area contributed by atoms with Gasteiger partial charge in [-0.2, -0.15) is 0 Å². The molecule has 4 heterocycles. The number of hydrogen-bond acceptors (Lipinski definition) is 8. The third-order valence-corrected chi connectivity index (χ3v) is 6.90. The summed E-state index contributed by atoms with van der Waals surface area (Å²) in [7, 11) is 1.86. The predicted octanol–water partition coefficient (Wildman–Crippen LogP) is 2.56. The van der Waals surface area contributed by atoms with Gasteiger partial charge in [-0.15, -0.1) is 11.8 Å². The quantitative estimate of drug-likeness (QED) is 0.589. The Morgan fingerprint density at radius 2 is 1.91 bits per heavy atom. The Bertz CT molecular complexity index is 1090. The Labute approximate surface area is 191 Å². The van der Waals surface area contributed by atoms with Crippen molar-refractivity contribution in [3.05, 3.63) is 60.3 Å². The molecule has 0 bridgehead atoms. The van der Waals surface area contributed by atoms with Gasteiger partial charge in [0.2, 0.25) is 0 Å². The number of aromatic nitrogens is 4. The second kappa shape index (κ2) is 9.22. The summed E-state index contributed by atoms with van der Waals surface area (Å²) in [4.78, 5) is 36.0. The lowest BCUT2D eigenvalue weighted by Crippen LogP contribution is -2.37. The van der Waals surface area contributed by atoms with Crippen LogP contribution in [0.15, 0.2) is 53.9 Å². The summed E-state index contributed by atoms with van der Waals surface area (Å²) in [5.74, 6) is 1.62. The SMILES string of the molecule is CN(CC1Cc2nc(-c3cncnc3)nc(N3CCOCC3)c2S1)C(=O)c1ccccc1. The molecule has 1 unspecified atom stereocenters. The molecule has 2 aromatic heterocycles. The maximum Gasteiger partial charge on any atom is 0.253 e. The van der Waals surface area contributed by atoms with Crippen LogP contribution in [0.5, 0.6) is 0 Å². The fraction of sp³-hybridized carbons (Fsp3) is 0.348. The second-order valence-corrected chi connectivity index (χ2v) is 9.18. The zero-order chi connectivity index (χ0) is 21.9. The summed E-state index contributed by atoms with van der Waals surface area (Å²) in [6.07, 6.45) is 5.77. The van der Waals surface area contributed by atoms with E-state index in [-0.39, 0.29) is 11.2 Å². The fourth-order valence-corrected chi connectivity index (χ4v) is 5.41. The Kier molecular flexibility index (Phi) is 6.00. The maximum atomic E-state index is 12.8. The first-order chi connectivity index (χ1) is 15.7. The van der Waals surface area contributed by atoms with Crippen LogP contribution in [0, 0.1) is 0 Å². The van der Waals surface area contributed by atoms with Crippen LogP contribution >= 0.6 is 11.8 Å². The number of anilines is 1. The number of amides is 1. The van der Waals surface area contributed by atoms with Crippen molar-refractivity contribution in [2.24, 2.45) is 0 Å². The van der Waals surface area contributed by atoms with E-state index in [1.54, 1.807) is 29.1 Å². The molecule has 1 fully saturated rings. The smallest absolute Gasteiger partial charge is 0.253 e. The zero-order valence-electron chi connectivity index (χ0n) is 17.8. The predicted molar refractivity (Wildman–Crippen MR) is 123 cm³/mol. The van der Waals surface area contributed by atoms with E-state index in [9.17, 15) is 4.79 Å². The van der Waals surface area contributed by atoms with Gasteiger partial charge in [0.15, 0.2) is 5.82 Å². The van der Waals surface area contributed by atoms with Crippen molar-refractivity contribution in [2.75, 3.05) is 44.8 Å². The lowest BCUT2D eigenvalue weighted by molar-refractivity contribution is 0.0795. The van der Waals surface area contributed by atoms with E-state index in [1.165, 1.54) is 6.33 Å². The number of nitrogens with zero attached hydrogens (tertiary/aromatic N) is 6. The third-order valence-electron chi connectivity index (χ3n) is 5.60. The van der Waals surface area contributed by atoms with Gasteiger partial charge < -0.3 is 14.5 Å². The summed E-state index contributed by atoms with van der Waals surface area (Å²) < 4.78 is 5.54. The first-order valence-corrected chi connectivity index (χ1v) is 11.5. The van der Waals surface area contributed by atoms with Crippen molar-refractivity contribution in [1.82, 2.24) is 24.8 Å². The average Bonchev–Trinajstić information content (AvgIpc) is 3.26. The topological polar surface area (TPSA) is 84.3 Å². The number of fused-ring (bicyclic) bond motifs is 1. The number of rotatable bonds is 5. The lowest BCUT2D eigenvalue weighted by atomic mass is 10.1. The van der Waals surface area contributed by atoms with Crippen molar-refractivity contribution in [3.63, 3.8) is 0 Å². The molecule has 2 aliphatic rings. The molecule has 3 aromatic rings. The zero-order valence-corrected chi connectivity index (χ0v) is 18.7. The number of ether oxygens (including phenoxy) is 1. The average molecular weight is 449 g/mol. The van der Waals surface area contributed by atoms with Gasteiger partial charge in [-0.25, -0.2) is 19.9 Å². The van der Waals surface area contributed by atoms with Crippen LogP contribution in [0.1, 0.15) is 16.1 Å². The van der Waals surface area contributed by atoms with Gasteiger partial charge in [-0.1, -0.05) is 18.2 Å². The highest BCUT2D eigenvalue weighted by molar-refractivity contribution is 8.00. The van der Waals surface area contributed by atoms with Gasteiger partial charge >= 0.3 is 0 Å². The van der Waals surface area contributed by atoms with Crippen LogP contribution in [0.25, 0.3) is 11.4 Å². The van der Waals surface area contributed by atoms with Crippen LogP contribution < -0.4 is 4.90 Å². The highest BCUT2D eigenvalue weighted by Gasteiger charge is 2.32. The fourth-order valence-electron chi connectivity index (χ4n) is 3.99. The summed E-state index contributed by atoms with van der Waals surface area (Å²) >= 11 is 1.77. The van der Waals surface area contributed by atoms with Crippen molar-refractivity contribution in [3.8, 4) is 11.4 Å². The molecule has 1 atom stereocenters. The molecule has 2 aliphatic heterocycles. The van der Waals surface area contributed by atoms with E-state index in [1.807, 2.05) is 37.4 Å². The minimum Gasteiger partial charge on any atom is -0.378 e. The van der Waals surface area contributed by atoms with E-state index in [2.05, 4.69) is 14.9 Å². The molecule has 8 nitrogen and oxygen atoms in total. The maximum absolute atomic E-state index is 12.8. The van der Waals surface area contributed by atoms with Crippen LogP contribution in [-0.4, -0.2) is 75.9 Å². The molecule has 5 rings (SSSR count). The molecule has 0 radical (unpaired) electrons. The molecule has 0 aliphatic carbocycles. The molecule has 0 N–H and O–H groups in total. The van der Waals surface area contributed by atoms with Gasteiger partial charge in [0.25, 0.3) is 5.91 Å². The molecular weight excluding hydrogens is 424 g/mol. The van der Waals surface area contributed by atoms with Crippen molar-refractivity contribution >= 4 is 23.5 Å². The Balaban J connectivity index is 1.40. The Hall–Kier alpha value is -3.04. The monoisotopic (exact) mass is 448 g/mol. The molecule has 1 aromatic carbocycles. The number of benzene rings is 1. The minimum atomic E-state index is 0.0313. The number of morpholine rings is 1. The normalized spacial score (nSPS) is 17.8. The van der Waals surface area contributed by atoms with Crippen molar-refractivity contribution in [2.45, 2.75) is 16.6 Å². The van der Waals surface area contributed by atoms with E-state index in [0.717, 1.165) is 41.5 Å². The standard InChI is InChI=1S/C23H24N6O2S/c1-28(23(30)16-5-3-2-4-6-16)14-18-11-19-20(32-18)22(29-7-9-31-10-8-29)27-21(26-19)17-12-24-15-25-13-17/h2-6,12-13,15,18H,7-11,14H2,1H3. The summed E-state index contributed by atoms with van der Waals surface area (Å²) in [6.45, 7) is 3.61. The van der Waals surface area contributed by atoms with Crippen LogP contribution in [0.2, 0.25) is 0 Å². The molecule has 0 saturated carbocycles. The van der Waals surface area contributed by atoms with Gasteiger partial charge in [0.05, 0.1) is 29.4 Å². The number of carbonyl (C=O) groups excluding carboxylic acids is 1. The number of carbonyl (C=O) groups is 1. The third kappa shape index (κ3) is 4.31. The van der Waals surface area contributed by atoms with E-state index >= 15 is 0 Å².